The number of nitrogens with one attached hydrogen (secondary N) is 1. The molecule has 2 aromatic carbocycles. The molecule has 7 heteroatoms. The molecule has 0 heterocycles. The van der Waals surface area contributed by atoms with E-state index in [-0.39, 0.29) is 11.4 Å². The van der Waals surface area contributed by atoms with Crippen LogP contribution < -0.4 is 14.8 Å². The summed E-state index contributed by atoms with van der Waals surface area (Å²) in [4.78, 5) is 11.8. The molecule has 0 atom stereocenters. The lowest BCUT2D eigenvalue weighted by Crippen LogP contribution is -2.21. The van der Waals surface area contributed by atoms with E-state index in [1.807, 2.05) is 6.07 Å². The zero-order valence-electron chi connectivity index (χ0n) is 12.8. The predicted molar refractivity (Wildman–Crippen MR) is 82.8 cm³/mol. The Balaban J connectivity index is 2.02. The van der Waals surface area contributed by atoms with E-state index in [2.05, 4.69) is 5.32 Å². The molecular weight excluding hydrogens is 318 g/mol. The van der Waals surface area contributed by atoms with E-state index in [9.17, 15) is 13.6 Å². The molecule has 24 heavy (non-hydrogen) atoms. The number of anilines is 1. The van der Waals surface area contributed by atoms with Crippen molar-refractivity contribution in [1.29, 1.82) is 5.26 Å². The Morgan fingerprint density at radius 1 is 1.17 bits per heavy atom. The molecule has 0 aliphatic rings. The van der Waals surface area contributed by atoms with Crippen molar-refractivity contribution in [2.75, 3.05) is 18.5 Å². The van der Waals surface area contributed by atoms with Crippen LogP contribution in [0.3, 0.4) is 0 Å². The Hall–Kier alpha value is -3.14. The van der Waals surface area contributed by atoms with Gasteiger partial charge in [-0.25, -0.2) is 8.78 Å². The smallest absolute Gasteiger partial charge is 0.262 e. The van der Waals surface area contributed by atoms with Gasteiger partial charge in [0.1, 0.15) is 11.6 Å². The van der Waals surface area contributed by atoms with Gasteiger partial charge < -0.3 is 14.8 Å². The summed E-state index contributed by atoms with van der Waals surface area (Å²) in [6.45, 7) is 1.73. The number of rotatable bonds is 6. The summed E-state index contributed by atoms with van der Waals surface area (Å²) in [7, 11) is 0. The van der Waals surface area contributed by atoms with Gasteiger partial charge in [-0.05, 0) is 31.2 Å². The molecule has 0 spiro atoms. The van der Waals surface area contributed by atoms with E-state index >= 15 is 0 Å². The lowest BCUT2D eigenvalue weighted by atomic mass is 10.2. The summed E-state index contributed by atoms with van der Waals surface area (Å²) in [5, 5.41) is 11.2. The first-order valence-corrected chi connectivity index (χ1v) is 7.08. The third-order valence-electron chi connectivity index (χ3n) is 2.94. The van der Waals surface area contributed by atoms with Crippen LogP contribution in [0.25, 0.3) is 0 Å². The topological polar surface area (TPSA) is 71.3 Å². The average molecular weight is 332 g/mol. The highest BCUT2D eigenvalue weighted by Crippen LogP contribution is 2.28. The van der Waals surface area contributed by atoms with Crippen molar-refractivity contribution in [2.24, 2.45) is 0 Å². The van der Waals surface area contributed by atoms with Crippen molar-refractivity contribution < 1.29 is 23.0 Å². The number of amides is 1. The molecule has 0 aliphatic heterocycles. The SMILES string of the molecule is CCOc1cc(C#N)ccc1OCC(=O)Nc1ccc(F)cc1F. The minimum absolute atomic E-state index is 0.144. The van der Waals surface area contributed by atoms with E-state index in [1.54, 1.807) is 6.92 Å². The third-order valence-corrected chi connectivity index (χ3v) is 2.94. The third kappa shape index (κ3) is 4.43. The van der Waals surface area contributed by atoms with Crippen molar-refractivity contribution in [3.8, 4) is 17.6 Å². The number of hydrogen-bond acceptors (Lipinski definition) is 4. The molecule has 0 bridgehead atoms. The van der Waals surface area contributed by atoms with Crippen LogP contribution in [0.1, 0.15) is 12.5 Å². The van der Waals surface area contributed by atoms with E-state index in [0.717, 1.165) is 12.1 Å². The van der Waals surface area contributed by atoms with Crippen molar-refractivity contribution in [1.82, 2.24) is 0 Å². The molecule has 0 aliphatic carbocycles. The van der Waals surface area contributed by atoms with Crippen molar-refractivity contribution >= 4 is 11.6 Å². The van der Waals surface area contributed by atoms with Crippen LogP contribution >= 0.6 is 0 Å². The van der Waals surface area contributed by atoms with Gasteiger partial charge in [0.25, 0.3) is 5.91 Å². The van der Waals surface area contributed by atoms with Gasteiger partial charge in [0.05, 0.1) is 23.9 Å². The maximum absolute atomic E-state index is 13.5. The van der Waals surface area contributed by atoms with Gasteiger partial charge in [-0.3, -0.25) is 4.79 Å². The fourth-order valence-electron chi connectivity index (χ4n) is 1.89. The van der Waals surface area contributed by atoms with E-state index in [4.69, 9.17) is 14.7 Å². The van der Waals surface area contributed by atoms with E-state index in [0.29, 0.717) is 24.0 Å². The highest BCUT2D eigenvalue weighted by atomic mass is 19.1. The van der Waals surface area contributed by atoms with Crippen molar-refractivity contribution in [3.63, 3.8) is 0 Å². The second-order valence-corrected chi connectivity index (χ2v) is 4.67. The number of carbonyl (C=O) groups is 1. The zero-order valence-corrected chi connectivity index (χ0v) is 12.8. The lowest BCUT2D eigenvalue weighted by Gasteiger charge is -2.12. The van der Waals surface area contributed by atoms with Gasteiger partial charge in [-0.15, -0.1) is 0 Å². The fraction of sp³-hybridized carbons (Fsp3) is 0.176. The minimum atomic E-state index is -0.878. The normalized spacial score (nSPS) is 9.92. The number of ether oxygens (including phenoxy) is 2. The highest BCUT2D eigenvalue weighted by Gasteiger charge is 2.11. The molecule has 1 amide bonds. The summed E-state index contributed by atoms with van der Waals surface area (Å²) in [5.74, 6) is -1.62. The number of hydrogen-bond donors (Lipinski definition) is 1. The lowest BCUT2D eigenvalue weighted by molar-refractivity contribution is -0.118. The largest absolute Gasteiger partial charge is 0.490 e. The number of halogens is 2. The molecule has 0 saturated carbocycles. The summed E-state index contributed by atoms with van der Waals surface area (Å²) in [6, 6.07) is 9.33. The van der Waals surface area contributed by atoms with Gasteiger partial charge in [0.2, 0.25) is 0 Å². The molecular formula is C17H14F2N2O3. The first-order chi connectivity index (χ1) is 11.5. The first kappa shape index (κ1) is 17.2. The van der Waals surface area contributed by atoms with Crippen LogP contribution in [0.4, 0.5) is 14.5 Å². The summed E-state index contributed by atoms with van der Waals surface area (Å²) in [6.07, 6.45) is 0. The second-order valence-electron chi connectivity index (χ2n) is 4.67. The molecule has 5 nitrogen and oxygen atoms in total. The molecule has 1 N–H and O–H groups in total. The number of nitriles is 1. The van der Waals surface area contributed by atoms with Gasteiger partial charge in [-0.2, -0.15) is 5.26 Å². The van der Waals surface area contributed by atoms with Crippen LogP contribution in [0.15, 0.2) is 36.4 Å². The standard InChI is InChI=1S/C17H14F2N2O3/c1-2-23-16-7-11(9-20)3-6-15(16)24-10-17(22)21-14-5-4-12(18)8-13(14)19/h3-8H,2,10H2,1H3,(H,21,22). The molecule has 2 rings (SSSR count). The summed E-state index contributed by atoms with van der Waals surface area (Å²) < 4.78 is 37.0. The van der Waals surface area contributed by atoms with Gasteiger partial charge >= 0.3 is 0 Å². The van der Waals surface area contributed by atoms with Crippen LogP contribution in [-0.4, -0.2) is 19.1 Å². The molecule has 0 aromatic heterocycles. The Labute approximate surface area is 137 Å². The molecule has 2 aromatic rings. The minimum Gasteiger partial charge on any atom is -0.490 e. The molecule has 124 valence electrons. The van der Waals surface area contributed by atoms with Crippen LogP contribution in [0, 0.1) is 23.0 Å². The Morgan fingerprint density at radius 2 is 1.96 bits per heavy atom. The maximum atomic E-state index is 13.5. The van der Waals surface area contributed by atoms with Crippen LogP contribution in [0.5, 0.6) is 11.5 Å². The molecule has 0 unspecified atom stereocenters. The average Bonchev–Trinajstić information content (AvgIpc) is 2.56. The van der Waals surface area contributed by atoms with Gasteiger partial charge in [0, 0.05) is 12.1 Å². The Bertz CT molecular complexity index is 788. The summed E-state index contributed by atoms with van der Waals surface area (Å²) in [5.41, 5.74) is 0.249. The molecule has 0 fully saturated rings. The van der Waals surface area contributed by atoms with Crippen molar-refractivity contribution in [3.05, 3.63) is 53.6 Å². The first-order valence-electron chi connectivity index (χ1n) is 7.08. The molecule has 0 saturated heterocycles. The Morgan fingerprint density at radius 3 is 2.62 bits per heavy atom. The van der Waals surface area contributed by atoms with Crippen LogP contribution in [0.2, 0.25) is 0 Å². The monoisotopic (exact) mass is 332 g/mol. The molecule has 0 radical (unpaired) electrons. The van der Waals surface area contributed by atoms with E-state index < -0.39 is 24.1 Å². The quantitative estimate of drug-likeness (QED) is 0.881. The zero-order chi connectivity index (χ0) is 17.5. The van der Waals surface area contributed by atoms with E-state index in [1.165, 1.54) is 18.2 Å². The second kappa shape index (κ2) is 7.92. The maximum Gasteiger partial charge on any atom is 0.262 e. The Kier molecular flexibility index (Phi) is 5.68. The predicted octanol–water partition coefficient (Wildman–Crippen LogP) is 3.25. The van der Waals surface area contributed by atoms with Gasteiger partial charge in [0.15, 0.2) is 18.1 Å². The number of carbonyl (C=O) groups excluding carboxylic acids is 1. The van der Waals surface area contributed by atoms with Crippen molar-refractivity contribution in [2.45, 2.75) is 6.92 Å². The highest BCUT2D eigenvalue weighted by molar-refractivity contribution is 5.92. The van der Waals surface area contributed by atoms with Crippen LogP contribution in [-0.2, 0) is 4.79 Å². The fourth-order valence-corrected chi connectivity index (χ4v) is 1.89. The number of nitrogens with zero attached hydrogens (tertiary/aromatic N) is 1. The summed E-state index contributed by atoms with van der Waals surface area (Å²) >= 11 is 0. The van der Waals surface area contributed by atoms with Gasteiger partial charge in [-0.1, -0.05) is 0 Å². The number of benzene rings is 2.